The van der Waals surface area contributed by atoms with E-state index in [0.29, 0.717) is 44.5 Å². The average Bonchev–Trinajstić information content (AvgIpc) is 3.53. The van der Waals surface area contributed by atoms with E-state index in [1.54, 1.807) is 60.4 Å². The van der Waals surface area contributed by atoms with Crippen molar-refractivity contribution >= 4 is 52.2 Å². The molecule has 1 aliphatic rings. The predicted molar refractivity (Wildman–Crippen MR) is 159 cm³/mol. The van der Waals surface area contributed by atoms with E-state index in [9.17, 15) is 19.7 Å². The largest absolute Gasteiger partial charge is 0.456 e. The topological polar surface area (TPSA) is 111 Å². The lowest BCUT2D eigenvalue weighted by molar-refractivity contribution is -0.384. The molecule has 4 aromatic rings. The summed E-state index contributed by atoms with van der Waals surface area (Å²) in [6.07, 6.45) is 1.57. The van der Waals surface area contributed by atoms with E-state index in [1.165, 1.54) is 28.0 Å². The minimum absolute atomic E-state index is 0.189. The number of amides is 1. The molecular formula is C29H24Cl2N4O5S. The number of carbonyl (C=O) groups excluding carboxylic acids is 1. The van der Waals surface area contributed by atoms with Crippen LogP contribution < -0.4 is 14.9 Å². The number of allylic oxidation sites excluding steroid dienone is 1. The number of furan rings is 1. The molecule has 2 aromatic heterocycles. The van der Waals surface area contributed by atoms with Crippen LogP contribution in [0.1, 0.15) is 38.1 Å². The van der Waals surface area contributed by atoms with Gasteiger partial charge >= 0.3 is 0 Å². The Labute approximate surface area is 248 Å². The number of hydrogen-bond acceptors (Lipinski definition) is 7. The summed E-state index contributed by atoms with van der Waals surface area (Å²) in [5.41, 5.74) is 1.40. The maximum absolute atomic E-state index is 13.9. The monoisotopic (exact) mass is 610 g/mol. The highest BCUT2D eigenvalue weighted by atomic mass is 35.5. The van der Waals surface area contributed by atoms with Gasteiger partial charge in [-0.25, -0.2) is 4.99 Å². The lowest BCUT2D eigenvalue weighted by Gasteiger charge is -2.29. The molecule has 1 atom stereocenters. The highest BCUT2D eigenvalue weighted by Crippen LogP contribution is 2.34. The first kappa shape index (κ1) is 28.5. The van der Waals surface area contributed by atoms with Crippen molar-refractivity contribution in [1.29, 1.82) is 0 Å². The second-order valence-electron chi connectivity index (χ2n) is 9.23. The fourth-order valence-electron chi connectivity index (χ4n) is 4.81. The molecule has 210 valence electrons. The fourth-order valence-corrected chi connectivity index (χ4v) is 6.12. The van der Waals surface area contributed by atoms with Gasteiger partial charge in [-0.15, -0.1) is 0 Å². The summed E-state index contributed by atoms with van der Waals surface area (Å²) in [6, 6.07) is 13.9. The van der Waals surface area contributed by atoms with Crippen molar-refractivity contribution in [3.63, 3.8) is 0 Å². The molecule has 12 heteroatoms. The molecule has 0 saturated heterocycles. The molecule has 0 radical (unpaired) electrons. The molecule has 0 aliphatic carbocycles. The van der Waals surface area contributed by atoms with Gasteiger partial charge in [-0.1, -0.05) is 46.7 Å². The summed E-state index contributed by atoms with van der Waals surface area (Å²) in [7, 11) is 0. The van der Waals surface area contributed by atoms with Crippen LogP contribution in [0.4, 0.5) is 5.69 Å². The van der Waals surface area contributed by atoms with Crippen LogP contribution in [0.25, 0.3) is 17.4 Å². The zero-order valence-electron chi connectivity index (χ0n) is 22.3. The minimum atomic E-state index is -0.706. The van der Waals surface area contributed by atoms with Crippen LogP contribution in [0.5, 0.6) is 0 Å². The van der Waals surface area contributed by atoms with Crippen LogP contribution >= 0.6 is 34.5 Å². The van der Waals surface area contributed by atoms with Gasteiger partial charge in [-0.2, -0.15) is 0 Å². The summed E-state index contributed by atoms with van der Waals surface area (Å²) in [5.74, 6) is 0.396. The number of carbonyl (C=O) groups is 1. The number of benzene rings is 2. The number of nitrogens with zero attached hydrogens (tertiary/aromatic N) is 4. The predicted octanol–water partition coefficient (Wildman–Crippen LogP) is 5.58. The van der Waals surface area contributed by atoms with E-state index in [2.05, 4.69) is 4.99 Å². The number of thiazole rings is 1. The number of nitro groups is 1. The first-order valence-corrected chi connectivity index (χ1v) is 14.3. The van der Waals surface area contributed by atoms with Crippen molar-refractivity contribution in [3.05, 3.63) is 117 Å². The van der Waals surface area contributed by atoms with Gasteiger partial charge in [-0.05, 0) is 62.7 Å². The Balaban J connectivity index is 1.64. The number of aromatic nitrogens is 1. The van der Waals surface area contributed by atoms with Crippen LogP contribution in [-0.2, 0) is 4.79 Å². The molecule has 5 rings (SSSR count). The SMILES string of the molecule is CCN(CC)C(=O)C1=C(C)N=c2s/c(=C/c3ccc(-c4ccc(Cl)cc4[N+](=O)[O-])o3)c(=O)n2[C@@H]1c1ccc(Cl)cc1. The molecule has 2 aromatic carbocycles. The lowest BCUT2D eigenvalue weighted by atomic mass is 9.94. The van der Waals surface area contributed by atoms with E-state index in [-0.39, 0.29) is 33.5 Å². The van der Waals surface area contributed by atoms with Gasteiger partial charge in [0.1, 0.15) is 11.5 Å². The second-order valence-corrected chi connectivity index (χ2v) is 11.1. The van der Waals surface area contributed by atoms with E-state index >= 15 is 0 Å². The zero-order valence-corrected chi connectivity index (χ0v) is 24.6. The van der Waals surface area contributed by atoms with Crippen LogP contribution in [0, 0.1) is 10.1 Å². The van der Waals surface area contributed by atoms with Gasteiger partial charge < -0.3 is 9.32 Å². The summed E-state index contributed by atoms with van der Waals surface area (Å²) >= 11 is 13.3. The molecule has 0 saturated carbocycles. The molecule has 0 spiro atoms. The van der Waals surface area contributed by atoms with Crippen molar-refractivity contribution < 1.29 is 14.1 Å². The molecule has 3 heterocycles. The van der Waals surface area contributed by atoms with Crippen molar-refractivity contribution in [2.24, 2.45) is 4.99 Å². The number of nitro benzene ring substituents is 1. The van der Waals surface area contributed by atoms with Crippen LogP contribution in [0.2, 0.25) is 10.0 Å². The van der Waals surface area contributed by atoms with E-state index in [0.717, 1.165) is 5.56 Å². The van der Waals surface area contributed by atoms with Gasteiger partial charge in [-0.3, -0.25) is 24.3 Å². The lowest BCUT2D eigenvalue weighted by Crippen LogP contribution is -2.43. The third kappa shape index (κ3) is 5.38. The molecule has 0 fully saturated rings. The number of rotatable bonds is 7. The number of likely N-dealkylation sites (N-methyl/N-ethyl adjacent to an activating group) is 1. The van der Waals surface area contributed by atoms with Crippen LogP contribution in [0.15, 0.2) is 80.1 Å². The third-order valence-corrected chi connectivity index (χ3v) is 8.28. The number of hydrogen-bond donors (Lipinski definition) is 0. The zero-order chi connectivity index (χ0) is 29.4. The quantitative estimate of drug-likeness (QED) is 0.200. The Morgan fingerprint density at radius 2 is 1.80 bits per heavy atom. The third-order valence-electron chi connectivity index (χ3n) is 6.81. The molecule has 1 amide bonds. The van der Waals surface area contributed by atoms with E-state index in [1.807, 2.05) is 13.8 Å². The molecule has 0 N–H and O–H groups in total. The van der Waals surface area contributed by atoms with Gasteiger partial charge in [0.25, 0.3) is 17.2 Å². The first-order valence-electron chi connectivity index (χ1n) is 12.7. The maximum Gasteiger partial charge on any atom is 0.281 e. The summed E-state index contributed by atoms with van der Waals surface area (Å²) in [4.78, 5) is 45.4. The molecule has 41 heavy (non-hydrogen) atoms. The van der Waals surface area contributed by atoms with Crippen LogP contribution in [-0.4, -0.2) is 33.4 Å². The standard InChI is InChI=1S/C29H24Cl2N4O5S/c1-4-33(5-2)28(37)25-16(3)32-29-34(26(25)17-6-8-18(30)9-7-17)27(36)24(41-29)15-20-11-13-23(40-20)21-12-10-19(31)14-22(21)35(38)39/h6-15,26H,4-5H2,1-3H3/b24-15+/t26-/m1/s1. The Morgan fingerprint density at radius 3 is 2.46 bits per heavy atom. The van der Waals surface area contributed by atoms with Gasteiger partial charge in [0.15, 0.2) is 4.80 Å². The average molecular weight is 612 g/mol. The molecule has 9 nitrogen and oxygen atoms in total. The Morgan fingerprint density at radius 1 is 1.12 bits per heavy atom. The summed E-state index contributed by atoms with van der Waals surface area (Å²) < 4.78 is 7.75. The van der Waals surface area contributed by atoms with Crippen molar-refractivity contribution in [2.45, 2.75) is 26.8 Å². The van der Waals surface area contributed by atoms with Gasteiger partial charge in [0.05, 0.1) is 32.3 Å². The minimum Gasteiger partial charge on any atom is -0.456 e. The number of fused-ring (bicyclic) bond motifs is 1. The highest BCUT2D eigenvalue weighted by molar-refractivity contribution is 7.07. The molecule has 0 bridgehead atoms. The number of halogens is 2. The van der Waals surface area contributed by atoms with Crippen molar-refractivity contribution in [3.8, 4) is 11.3 Å². The Kier molecular flexibility index (Phi) is 7.99. The molecular weight excluding hydrogens is 587 g/mol. The van der Waals surface area contributed by atoms with E-state index < -0.39 is 11.0 Å². The van der Waals surface area contributed by atoms with Gasteiger partial charge in [0.2, 0.25) is 0 Å². The fraction of sp³-hybridized carbons (Fsp3) is 0.207. The summed E-state index contributed by atoms with van der Waals surface area (Å²) in [6.45, 7) is 6.60. The van der Waals surface area contributed by atoms with E-state index in [4.69, 9.17) is 27.6 Å². The summed E-state index contributed by atoms with van der Waals surface area (Å²) in [5, 5.41) is 12.3. The van der Waals surface area contributed by atoms with Gasteiger partial charge in [0, 0.05) is 35.3 Å². The molecule has 0 unspecified atom stereocenters. The first-order chi connectivity index (χ1) is 19.6. The molecule has 1 aliphatic heterocycles. The highest BCUT2D eigenvalue weighted by Gasteiger charge is 2.34. The van der Waals surface area contributed by atoms with Crippen molar-refractivity contribution in [1.82, 2.24) is 9.47 Å². The smallest absolute Gasteiger partial charge is 0.281 e. The Bertz CT molecular complexity index is 1880. The van der Waals surface area contributed by atoms with Crippen molar-refractivity contribution in [2.75, 3.05) is 13.1 Å². The normalized spacial score (nSPS) is 15.0. The maximum atomic E-state index is 13.9. The second kappa shape index (κ2) is 11.5. The van der Waals surface area contributed by atoms with Crippen LogP contribution in [0.3, 0.4) is 0 Å². The Hall–Kier alpha value is -3.99.